The lowest BCUT2D eigenvalue weighted by Gasteiger charge is -2.19. The largest absolute Gasteiger partial charge is 0.383 e. The summed E-state index contributed by atoms with van der Waals surface area (Å²) in [5.41, 5.74) is 2.88. The van der Waals surface area contributed by atoms with Crippen molar-refractivity contribution in [1.29, 1.82) is 0 Å². The monoisotopic (exact) mass is 254 g/mol. The van der Waals surface area contributed by atoms with Gasteiger partial charge in [0, 0.05) is 26.5 Å². The molecule has 0 radical (unpaired) electrons. The van der Waals surface area contributed by atoms with Crippen molar-refractivity contribution in [3.05, 3.63) is 23.9 Å². The van der Waals surface area contributed by atoms with Crippen LogP contribution in [0.4, 0.5) is 0 Å². The standard InChI is InChI=1S/C14H26N2O2/c1-7-13(16-12(4)11(2)3)14(10-18-6)15-8-9-17-5/h7,14-15H,2,8-10H2,1,3-6H3/b13-7-,16-12+. The molecule has 0 aromatic heterocycles. The van der Waals surface area contributed by atoms with E-state index in [1.807, 2.05) is 26.8 Å². The van der Waals surface area contributed by atoms with Crippen LogP contribution in [0.5, 0.6) is 0 Å². The van der Waals surface area contributed by atoms with E-state index in [9.17, 15) is 0 Å². The van der Waals surface area contributed by atoms with Gasteiger partial charge in [0.05, 0.1) is 25.0 Å². The zero-order chi connectivity index (χ0) is 14.0. The summed E-state index contributed by atoms with van der Waals surface area (Å²) in [4.78, 5) is 4.59. The lowest BCUT2D eigenvalue weighted by atomic mass is 10.2. The number of rotatable bonds is 9. The number of ether oxygens (including phenoxy) is 2. The summed E-state index contributed by atoms with van der Waals surface area (Å²) in [5, 5.41) is 3.36. The summed E-state index contributed by atoms with van der Waals surface area (Å²) < 4.78 is 10.3. The molecule has 1 atom stereocenters. The molecule has 4 heteroatoms. The number of methoxy groups -OCH3 is 2. The summed E-state index contributed by atoms with van der Waals surface area (Å²) in [6.07, 6.45) is 2.00. The molecule has 0 aromatic carbocycles. The van der Waals surface area contributed by atoms with Crippen molar-refractivity contribution in [2.45, 2.75) is 26.8 Å². The lowest BCUT2D eigenvalue weighted by Crippen LogP contribution is -2.36. The van der Waals surface area contributed by atoms with E-state index in [0.29, 0.717) is 13.2 Å². The summed E-state index contributed by atoms with van der Waals surface area (Å²) in [5.74, 6) is 0. The zero-order valence-corrected chi connectivity index (χ0v) is 12.2. The molecular formula is C14H26N2O2. The van der Waals surface area contributed by atoms with Crippen LogP contribution in [0.3, 0.4) is 0 Å². The Kier molecular flexibility index (Phi) is 9.46. The van der Waals surface area contributed by atoms with Crippen molar-refractivity contribution in [1.82, 2.24) is 5.32 Å². The highest BCUT2D eigenvalue weighted by Gasteiger charge is 2.12. The van der Waals surface area contributed by atoms with Gasteiger partial charge < -0.3 is 14.8 Å². The third kappa shape index (κ3) is 6.69. The molecule has 0 heterocycles. The van der Waals surface area contributed by atoms with Gasteiger partial charge in [-0.05, 0) is 26.3 Å². The Balaban J connectivity index is 4.72. The molecule has 18 heavy (non-hydrogen) atoms. The fraction of sp³-hybridized carbons (Fsp3) is 0.643. The van der Waals surface area contributed by atoms with Crippen LogP contribution in [-0.2, 0) is 9.47 Å². The number of hydrogen-bond donors (Lipinski definition) is 1. The van der Waals surface area contributed by atoms with Crippen LogP contribution in [0, 0.1) is 0 Å². The molecule has 0 aromatic rings. The molecular weight excluding hydrogens is 228 g/mol. The van der Waals surface area contributed by atoms with Gasteiger partial charge in [-0.1, -0.05) is 12.7 Å². The molecule has 0 spiro atoms. The van der Waals surface area contributed by atoms with Crippen molar-refractivity contribution in [3.8, 4) is 0 Å². The first-order chi connectivity index (χ1) is 8.56. The molecule has 1 unspecified atom stereocenters. The maximum atomic E-state index is 5.22. The van der Waals surface area contributed by atoms with Gasteiger partial charge in [0.15, 0.2) is 0 Å². The third-order valence-corrected chi connectivity index (χ3v) is 2.60. The SMILES string of the molecule is C=C(C)/C(C)=N/C(=C\C)C(COC)NCCOC. The molecule has 1 N–H and O–H groups in total. The molecule has 0 bridgehead atoms. The number of nitrogens with zero attached hydrogens (tertiary/aromatic N) is 1. The minimum atomic E-state index is 0.0736. The van der Waals surface area contributed by atoms with Crippen LogP contribution in [0.25, 0.3) is 0 Å². The van der Waals surface area contributed by atoms with E-state index in [2.05, 4.69) is 16.9 Å². The van der Waals surface area contributed by atoms with Crippen molar-refractivity contribution in [3.63, 3.8) is 0 Å². The van der Waals surface area contributed by atoms with E-state index in [-0.39, 0.29) is 6.04 Å². The average Bonchev–Trinajstić information content (AvgIpc) is 2.34. The Labute approximate surface area is 111 Å². The van der Waals surface area contributed by atoms with Gasteiger partial charge in [-0.3, -0.25) is 4.99 Å². The Morgan fingerprint density at radius 1 is 1.33 bits per heavy atom. The number of aliphatic imine (C=N–C) groups is 1. The maximum absolute atomic E-state index is 5.22. The summed E-state index contributed by atoms with van der Waals surface area (Å²) >= 11 is 0. The van der Waals surface area contributed by atoms with Crippen molar-refractivity contribution in [2.75, 3.05) is 34.0 Å². The summed E-state index contributed by atoms with van der Waals surface area (Å²) in [6.45, 7) is 11.8. The highest BCUT2D eigenvalue weighted by molar-refractivity contribution is 5.97. The topological polar surface area (TPSA) is 42.8 Å². The van der Waals surface area contributed by atoms with Crippen LogP contribution in [0.2, 0.25) is 0 Å². The van der Waals surface area contributed by atoms with Crippen LogP contribution in [0.1, 0.15) is 20.8 Å². The zero-order valence-electron chi connectivity index (χ0n) is 12.2. The van der Waals surface area contributed by atoms with Gasteiger partial charge in [0.25, 0.3) is 0 Å². The van der Waals surface area contributed by atoms with E-state index in [1.165, 1.54) is 0 Å². The van der Waals surface area contributed by atoms with Gasteiger partial charge in [-0.2, -0.15) is 0 Å². The first-order valence-electron chi connectivity index (χ1n) is 6.15. The first kappa shape index (κ1) is 17.0. The molecule has 0 rings (SSSR count). The number of allylic oxidation sites excluding steroid dienone is 2. The van der Waals surface area contributed by atoms with Crippen LogP contribution in [-0.4, -0.2) is 45.7 Å². The Morgan fingerprint density at radius 3 is 2.44 bits per heavy atom. The predicted octanol–water partition coefficient (Wildman–Crippen LogP) is 2.18. The number of hydrogen-bond acceptors (Lipinski definition) is 4. The van der Waals surface area contributed by atoms with Gasteiger partial charge in [0.1, 0.15) is 0 Å². The van der Waals surface area contributed by atoms with Crippen molar-refractivity contribution < 1.29 is 9.47 Å². The second-order valence-corrected chi connectivity index (χ2v) is 4.15. The molecule has 0 aliphatic carbocycles. The Bertz CT molecular complexity index is 309. The van der Waals surface area contributed by atoms with E-state index in [0.717, 1.165) is 23.5 Å². The second-order valence-electron chi connectivity index (χ2n) is 4.15. The highest BCUT2D eigenvalue weighted by atomic mass is 16.5. The quantitative estimate of drug-likeness (QED) is 0.506. The molecule has 0 amide bonds. The van der Waals surface area contributed by atoms with Gasteiger partial charge in [0.2, 0.25) is 0 Å². The van der Waals surface area contributed by atoms with Gasteiger partial charge >= 0.3 is 0 Å². The summed E-state index contributed by atoms with van der Waals surface area (Å²) in [6, 6.07) is 0.0736. The van der Waals surface area contributed by atoms with Crippen LogP contribution >= 0.6 is 0 Å². The van der Waals surface area contributed by atoms with Crippen LogP contribution in [0.15, 0.2) is 28.9 Å². The minimum Gasteiger partial charge on any atom is -0.383 e. The van der Waals surface area contributed by atoms with E-state index in [4.69, 9.17) is 9.47 Å². The fourth-order valence-corrected chi connectivity index (χ4v) is 1.38. The van der Waals surface area contributed by atoms with Crippen LogP contribution < -0.4 is 5.32 Å². The molecule has 0 fully saturated rings. The fourth-order valence-electron chi connectivity index (χ4n) is 1.38. The van der Waals surface area contributed by atoms with E-state index in [1.54, 1.807) is 14.2 Å². The van der Waals surface area contributed by atoms with Gasteiger partial charge in [-0.15, -0.1) is 0 Å². The van der Waals surface area contributed by atoms with Crippen molar-refractivity contribution >= 4 is 5.71 Å². The molecule has 0 saturated carbocycles. The average molecular weight is 254 g/mol. The molecule has 0 saturated heterocycles. The second kappa shape index (κ2) is 10.00. The molecule has 4 nitrogen and oxygen atoms in total. The van der Waals surface area contributed by atoms with E-state index < -0.39 is 0 Å². The smallest absolute Gasteiger partial charge is 0.0730 e. The highest BCUT2D eigenvalue weighted by Crippen LogP contribution is 2.08. The normalized spacial score (nSPS) is 14.7. The molecule has 0 aliphatic rings. The van der Waals surface area contributed by atoms with E-state index >= 15 is 0 Å². The molecule has 104 valence electrons. The third-order valence-electron chi connectivity index (χ3n) is 2.60. The molecule has 0 aliphatic heterocycles. The lowest BCUT2D eigenvalue weighted by molar-refractivity contribution is 0.162. The minimum absolute atomic E-state index is 0.0736. The van der Waals surface area contributed by atoms with Crippen molar-refractivity contribution in [2.24, 2.45) is 4.99 Å². The van der Waals surface area contributed by atoms with Gasteiger partial charge in [-0.25, -0.2) is 0 Å². The predicted molar refractivity (Wildman–Crippen MR) is 77.2 cm³/mol. The Hall–Kier alpha value is -0.970. The Morgan fingerprint density at radius 2 is 2.00 bits per heavy atom. The maximum Gasteiger partial charge on any atom is 0.0730 e. The summed E-state index contributed by atoms with van der Waals surface area (Å²) in [7, 11) is 3.38. The first-order valence-corrected chi connectivity index (χ1v) is 6.15. The number of nitrogens with one attached hydrogen (secondary N) is 1.